The molecule has 2 aromatic rings. The molecule has 1 saturated carbocycles. The van der Waals surface area contributed by atoms with Crippen LogP contribution in [0.5, 0.6) is 11.5 Å². The quantitative estimate of drug-likeness (QED) is 0.420. The van der Waals surface area contributed by atoms with Gasteiger partial charge in [-0.3, -0.25) is 4.79 Å². The molecule has 1 aliphatic rings. The predicted octanol–water partition coefficient (Wildman–Crippen LogP) is 5.38. The second kappa shape index (κ2) is 11.3. The van der Waals surface area contributed by atoms with Crippen molar-refractivity contribution in [2.75, 3.05) is 14.2 Å². The van der Waals surface area contributed by atoms with Crippen molar-refractivity contribution < 1.29 is 19.1 Å². The van der Waals surface area contributed by atoms with E-state index in [1.54, 1.807) is 18.2 Å². The molecule has 0 heterocycles. The van der Waals surface area contributed by atoms with Crippen molar-refractivity contribution in [1.82, 2.24) is 5.32 Å². The zero-order valence-corrected chi connectivity index (χ0v) is 19.1. The number of benzene rings is 2. The van der Waals surface area contributed by atoms with Gasteiger partial charge >= 0.3 is 0 Å². The minimum absolute atomic E-state index is 0.144. The molecule has 1 N–H and O–H groups in total. The Balaban J connectivity index is 1.76. The number of rotatable bonds is 8. The van der Waals surface area contributed by atoms with Crippen LogP contribution >= 0.6 is 23.2 Å². The number of likely N-dealkylation sites (N-methyl/N-ethyl adjacent to an activating group) is 1. The molecule has 0 aliphatic heterocycles. The number of carbonyl (C=O) groups is 1. The number of carbonyl (C=O) groups excluding carboxylic acids is 1. The molecule has 1 fully saturated rings. The number of hydrogen-bond donors (Lipinski definition) is 1. The van der Waals surface area contributed by atoms with Crippen LogP contribution in [0.15, 0.2) is 41.6 Å². The predicted molar refractivity (Wildman–Crippen MR) is 122 cm³/mol. The summed E-state index contributed by atoms with van der Waals surface area (Å²) in [6, 6.07) is 10.7. The highest BCUT2D eigenvalue weighted by molar-refractivity contribution is 6.45. The topological polar surface area (TPSA) is 69.2 Å². The van der Waals surface area contributed by atoms with Gasteiger partial charge in [-0.1, -0.05) is 59.0 Å². The molecule has 0 radical (unpaired) electrons. The van der Waals surface area contributed by atoms with E-state index in [0.717, 1.165) is 31.2 Å². The van der Waals surface area contributed by atoms with Crippen molar-refractivity contribution in [1.29, 1.82) is 0 Å². The zero-order chi connectivity index (χ0) is 22.2. The smallest absolute Gasteiger partial charge is 0.273 e. The van der Waals surface area contributed by atoms with Gasteiger partial charge in [-0.15, -0.1) is 0 Å². The van der Waals surface area contributed by atoms with E-state index in [0.29, 0.717) is 27.1 Å². The molecular weight excluding hydrogens is 439 g/mol. The fraction of sp³-hybridized carbons (Fsp3) is 0.391. The van der Waals surface area contributed by atoms with Crippen LogP contribution in [0.1, 0.15) is 43.2 Å². The van der Waals surface area contributed by atoms with E-state index < -0.39 is 0 Å². The van der Waals surface area contributed by atoms with Crippen molar-refractivity contribution in [3.05, 3.63) is 57.6 Å². The summed E-state index contributed by atoms with van der Waals surface area (Å²) in [7, 11) is 2.93. The Bertz CT molecular complexity index is 920. The fourth-order valence-corrected chi connectivity index (χ4v) is 4.10. The Morgan fingerprint density at radius 1 is 1.13 bits per heavy atom. The van der Waals surface area contributed by atoms with E-state index in [2.05, 4.69) is 10.5 Å². The summed E-state index contributed by atoms with van der Waals surface area (Å²) in [5.74, 6) is 0.646. The Morgan fingerprint density at radius 2 is 1.81 bits per heavy atom. The van der Waals surface area contributed by atoms with Gasteiger partial charge in [-0.25, -0.2) is 0 Å². The third-order valence-corrected chi connectivity index (χ3v) is 5.66. The highest BCUT2D eigenvalue weighted by atomic mass is 35.5. The standard InChI is InChI=1S/C23H26Cl2N2O4/c1-26-23(28)21(27-29-2)18-11-7-6-8-15(18)14-30-17-12-19(24)22(20(25)13-17)31-16-9-4-3-5-10-16/h6-8,11-13,16H,3-5,9-10,14H2,1-2H3,(H,26,28)/b27-21+. The minimum atomic E-state index is -0.357. The van der Waals surface area contributed by atoms with E-state index >= 15 is 0 Å². The van der Waals surface area contributed by atoms with E-state index in [-0.39, 0.29) is 24.3 Å². The molecule has 8 heteroatoms. The van der Waals surface area contributed by atoms with Gasteiger partial charge in [0.15, 0.2) is 11.5 Å². The van der Waals surface area contributed by atoms with E-state index in [1.165, 1.54) is 20.6 Å². The Hall–Kier alpha value is -2.44. The van der Waals surface area contributed by atoms with Crippen molar-refractivity contribution in [2.45, 2.75) is 44.8 Å². The Kier molecular flexibility index (Phi) is 8.43. The lowest BCUT2D eigenvalue weighted by molar-refractivity contribution is -0.114. The molecule has 6 nitrogen and oxygen atoms in total. The molecule has 0 atom stereocenters. The summed E-state index contributed by atoms with van der Waals surface area (Å²) in [6.07, 6.45) is 5.73. The molecule has 2 aromatic carbocycles. The van der Waals surface area contributed by atoms with Crippen LogP contribution in [0.4, 0.5) is 0 Å². The number of nitrogens with zero attached hydrogens (tertiary/aromatic N) is 1. The molecule has 0 bridgehead atoms. The molecule has 0 saturated heterocycles. The maximum atomic E-state index is 12.2. The van der Waals surface area contributed by atoms with Crippen LogP contribution in [0.25, 0.3) is 0 Å². The molecule has 0 aromatic heterocycles. The van der Waals surface area contributed by atoms with Gasteiger partial charge in [0.1, 0.15) is 19.5 Å². The van der Waals surface area contributed by atoms with Crippen LogP contribution in [-0.2, 0) is 16.2 Å². The summed E-state index contributed by atoms with van der Waals surface area (Å²) in [5, 5.41) is 7.25. The third-order valence-electron chi connectivity index (χ3n) is 5.10. The second-order valence-electron chi connectivity index (χ2n) is 7.24. The van der Waals surface area contributed by atoms with Gasteiger partial charge in [0.2, 0.25) is 0 Å². The molecule has 3 rings (SSSR count). The minimum Gasteiger partial charge on any atom is -0.489 e. The Labute approximate surface area is 192 Å². The first-order valence-corrected chi connectivity index (χ1v) is 11.0. The van der Waals surface area contributed by atoms with Gasteiger partial charge in [0.05, 0.1) is 16.1 Å². The largest absolute Gasteiger partial charge is 0.489 e. The van der Waals surface area contributed by atoms with Crippen molar-refractivity contribution in [3.63, 3.8) is 0 Å². The van der Waals surface area contributed by atoms with E-state index in [9.17, 15) is 4.79 Å². The molecule has 31 heavy (non-hydrogen) atoms. The van der Waals surface area contributed by atoms with Crippen molar-refractivity contribution >= 4 is 34.8 Å². The highest BCUT2D eigenvalue weighted by Gasteiger charge is 2.20. The van der Waals surface area contributed by atoms with Gasteiger partial charge in [0, 0.05) is 24.7 Å². The molecule has 1 aliphatic carbocycles. The van der Waals surface area contributed by atoms with Crippen LogP contribution in [0.2, 0.25) is 10.0 Å². The molecular formula is C23H26Cl2N2O4. The maximum Gasteiger partial charge on any atom is 0.273 e. The maximum absolute atomic E-state index is 12.2. The number of hydrogen-bond acceptors (Lipinski definition) is 5. The first-order valence-electron chi connectivity index (χ1n) is 10.2. The fourth-order valence-electron chi connectivity index (χ4n) is 3.54. The van der Waals surface area contributed by atoms with Gasteiger partial charge in [-0.2, -0.15) is 0 Å². The number of halogens is 2. The van der Waals surface area contributed by atoms with E-state index in [4.69, 9.17) is 37.5 Å². The third kappa shape index (κ3) is 6.05. The van der Waals surface area contributed by atoms with Crippen LogP contribution < -0.4 is 14.8 Å². The zero-order valence-electron chi connectivity index (χ0n) is 17.6. The van der Waals surface area contributed by atoms with Crippen LogP contribution in [0, 0.1) is 0 Å². The lowest BCUT2D eigenvalue weighted by Gasteiger charge is -2.24. The summed E-state index contributed by atoms with van der Waals surface area (Å²) in [6.45, 7) is 0.186. The van der Waals surface area contributed by atoms with Crippen LogP contribution in [-0.4, -0.2) is 31.9 Å². The summed E-state index contributed by atoms with van der Waals surface area (Å²) in [5.41, 5.74) is 1.53. The number of ether oxygens (including phenoxy) is 2. The lowest BCUT2D eigenvalue weighted by atomic mass is 9.98. The summed E-state index contributed by atoms with van der Waals surface area (Å²) in [4.78, 5) is 17.1. The van der Waals surface area contributed by atoms with Gasteiger partial charge in [0.25, 0.3) is 5.91 Å². The van der Waals surface area contributed by atoms with Crippen LogP contribution in [0.3, 0.4) is 0 Å². The van der Waals surface area contributed by atoms with Crippen molar-refractivity contribution in [3.8, 4) is 11.5 Å². The average molecular weight is 465 g/mol. The average Bonchev–Trinajstić information content (AvgIpc) is 2.79. The summed E-state index contributed by atoms with van der Waals surface area (Å²) >= 11 is 12.9. The van der Waals surface area contributed by atoms with Gasteiger partial charge < -0.3 is 19.6 Å². The van der Waals surface area contributed by atoms with E-state index in [1.807, 2.05) is 18.2 Å². The molecule has 0 spiro atoms. The lowest BCUT2D eigenvalue weighted by Crippen LogP contribution is -2.29. The van der Waals surface area contributed by atoms with Crippen molar-refractivity contribution in [2.24, 2.45) is 5.16 Å². The first-order chi connectivity index (χ1) is 15.0. The first kappa shape index (κ1) is 23.2. The molecule has 1 amide bonds. The normalized spacial score (nSPS) is 14.8. The monoisotopic (exact) mass is 464 g/mol. The van der Waals surface area contributed by atoms with Gasteiger partial charge in [-0.05, 0) is 31.2 Å². The highest BCUT2D eigenvalue weighted by Crippen LogP contribution is 2.39. The number of amides is 1. The molecule has 0 unspecified atom stereocenters. The number of oxime groups is 1. The summed E-state index contributed by atoms with van der Waals surface area (Å²) < 4.78 is 12.0. The number of nitrogens with one attached hydrogen (secondary N) is 1. The SMILES string of the molecule is CNC(=O)/C(=N/OC)c1ccccc1COc1cc(Cl)c(OC2CCCCC2)c(Cl)c1. The Morgan fingerprint density at radius 3 is 2.45 bits per heavy atom. The molecule has 166 valence electrons. The second-order valence-corrected chi connectivity index (χ2v) is 8.06.